The molecule has 2 aromatic rings. The van der Waals surface area contributed by atoms with E-state index in [-0.39, 0.29) is 22.7 Å². The van der Waals surface area contributed by atoms with Crippen LogP contribution in [0.4, 0.5) is 11.4 Å². The van der Waals surface area contributed by atoms with Gasteiger partial charge in [0.1, 0.15) is 5.56 Å². The van der Waals surface area contributed by atoms with Crippen LogP contribution < -0.4 is 15.8 Å². The van der Waals surface area contributed by atoms with Crippen molar-refractivity contribution in [1.82, 2.24) is 4.98 Å². The van der Waals surface area contributed by atoms with Crippen LogP contribution in [-0.4, -0.2) is 29.1 Å². The monoisotopic (exact) mass is 287 g/mol. The van der Waals surface area contributed by atoms with Crippen molar-refractivity contribution in [3.8, 4) is 5.88 Å². The van der Waals surface area contributed by atoms with Crippen molar-refractivity contribution in [3.05, 3.63) is 47.7 Å². The minimum absolute atomic E-state index is 0.0458. The molecule has 1 heterocycles. The summed E-state index contributed by atoms with van der Waals surface area (Å²) in [4.78, 5) is 26.9. The number of hydrogen-bond acceptors (Lipinski definition) is 5. The highest BCUT2D eigenvalue weighted by Crippen LogP contribution is 2.22. The molecule has 0 atom stereocenters. The molecule has 0 aliphatic rings. The molecule has 0 radical (unpaired) electrons. The average Bonchev–Trinajstić information content (AvgIpc) is 2.48. The first-order valence-corrected chi connectivity index (χ1v) is 5.96. The van der Waals surface area contributed by atoms with Crippen molar-refractivity contribution in [2.45, 2.75) is 0 Å². The molecule has 1 aromatic carbocycles. The molecule has 7 nitrogen and oxygen atoms in total. The van der Waals surface area contributed by atoms with Crippen molar-refractivity contribution in [3.63, 3.8) is 0 Å². The van der Waals surface area contributed by atoms with Gasteiger partial charge in [-0.3, -0.25) is 4.79 Å². The Morgan fingerprint density at radius 2 is 2.10 bits per heavy atom. The third-order valence-corrected chi connectivity index (χ3v) is 2.76. The van der Waals surface area contributed by atoms with E-state index in [0.29, 0.717) is 5.69 Å². The summed E-state index contributed by atoms with van der Waals surface area (Å²) in [5.74, 6) is -1.35. The van der Waals surface area contributed by atoms with Gasteiger partial charge < -0.3 is 20.9 Å². The fourth-order valence-electron chi connectivity index (χ4n) is 1.73. The first-order valence-electron chi connectivity index (χ1n) is 5.96. The number of amides is 1. The number of anilines is 2. The predicted molar refractivity (Wildman–Crippen MR) is 76.6 cm³/mol. The van der Waals surface area contributed by atoms with E-state index >= 15 is 0 Å². The number of ether oxygens (including phenoxy) is 1. The first-order chi connectivity index (χ1) is 10.0. The van der Waals surface area contributed by atoms with E-state index < -0.39 is 11.9 Å². The van der Waals surface area contributed by atoms with Gasteiger partial charge in [0.25, 0.3) is 5.91 Å². The number of carbonyl (C=O) groups is 2. The second kappa shape index (κ2) is 5.91. The summed E-state index contributed by atoms with van der Waals surface area (Å²) in [5.41, 5.74) is 6.50. The Hall–Kier alpha value is -3.09. The van der Waals surface area contributed by atoms with Gasteiger partial charge in [-0.2, -0.15) is 0 Å². The normalized spacial score (nSPS) is 9.95. The lowest BCUT2D eigenvalue weighted by molar-refractivity contribution is 0.0696. The zero-order chi connectivity index (χ0) is 15.4. The molecule has 108 valence electrons. The Morgan fingerprint density at radius 3 is 2.71 bits per heavy atom. The molecule has 0 aliphatic heterocycles. The number of aromatic nitrogens is 1. The lowest BCUT2D eigenvalue weighted by Crippen LogP contribution is -2.15. The maximum Gasteiger partial charge on any atom is 0.335 e. The number of nitrogens with zero attached hydrogens (tertiary/aromatic N) is 1. The molecule has 0 saturated carbocycles. The van der Waals surface area contributed by atoms with Gasteiger partial charge in [0.05, 0.1) is 24.0 Å². The number of nitrogen functional groups attached to an aromatic ring is 1. The Bertz CT molecular complexity index is 700. The number of carboxylic acids is 1. The molecule has 0 spiro atoms. The summed E-state index contributed by atoms with van der Waals surface area (Å²) in [6, 6.07) is 7.23. The van der Waals surface area contributed by atoms with E-state index in [0.717, 1.165) is 0 Å². The number of nitrogens with two attached hydrogens (primary N) is 1. The summed E-state index contributed by atoms with van der Waals surface area (Å²) in [6.07, 6.45) is 1.51. The second-order valence-corrected chi connectivity index (χ2v) is 4.12. The Morgan fingerprint density at radius 1 is 1.33 bits per heavy atom. The molecule has 0 unspecified atom stereocenters. The number of carboxylic acid groups (broad SMARTS) is 1. The summed E-state index contributed by atoms with van der Waals surface area (Å²) in [5, 5.41) is 11.5. The Kier molecular flexibility index (Phi) is 4.03. The molecule has 2 rings (SSSR count). The second-order valence-electron chi connectivity index (χ2n) is 4.12. The number of nitrogens with one attached hydrogen (secondary N) is 1. The predicted octanol–water partition coefficient (Wildman–Crippen LogP) is 1.62. The first kappa shape index (κ1) is 14.3. The molecular formula is C14H13N3O4. The van der Waals surface area contributed by atoms with Crippen molar-refractivity contribution in [2.24, 2.45) is 0 Å². The van der Waals surface area contributed by atoms with Crippen molar-refractivity contribution in [1.29, 1.82) is 0 Å². The van der Waals surface area contributed by atoms with Gasteiger partial charge in [0, 0.05) is 6.20 Å². The molecule has 0 saturated heterocycles. The van der Waals surface area contributed by atoms with E-state index in [1.807, 2.05) is 0 Å². The number of aromatic carboxylic acids is 1. The minimum atomic E-state index is -1.09. The lowest BCUT2D eigenvalue weighted by Gasteiger charge is -2.10. The highest BCUT2D eigenvalue weighted by molar-refractivity contribution is 6.07. The summed E-state index contributed by atoms with van der Waals surface area (Å²) >= 11 is 0. The zero-order valence-electron chi connectivity index (χ0n) is 11.2. The molecule has 1 amide bonds. The molecule has 7 heteroatoms. The molecule has 0 aliphatic carbocycles. The van der Waals surface area contributed by atoms with Gasteiger partial charge >= 0.3 is 5.97 Å². The molecule has 0 bridgehead atoms. The highest BCUT2D eigenvalue weighted by atomic mass is 16.5. The standard InChI is InChI=1S/C14H13N3O4/c1-21-13-9(3-2-6-16-13)12(18)17-11-5-4-8(14(19)20)7-10(11)15/h2-7H,15H2,1H3,(H,17,18)(H,19,20). The van der Waals surface area contributed by atoms with Crippen LogP contribution >= 0.6 is 0 Å². The molecule has 1 aromatic heterocycles. The van der Waals surface area contributed by atoms with Gasteiger partial charge in [-0.05, 0) is 30.3 Å². The van der Waals surface area contributed by atoms with Crippen LogP contribution in [0.5, 0.6) is 5.88 Å². The van der Waals surface area contributed by atoms with Crippen LogP contribution in [-0.2, 0) is 0 Å². The Labute approximate surface area is 120 Å². The van der Waals surface area contributed by atoms with Crippen LogP contribution in [0.2, 0.25) is 0 Å². The molecular weight excluding hydrogens is 274 g/mol. The van der Waals surface area contributed by atoms with E-state index in [1.165, 1.54) is 31.5 Å². The highest BCUT2D eigenvalue weighted by Gasteiger charge is 2.14. The fourth-order valence-corrected chi connectivity index (χ4v) is 1.73. The molecule has 21 heavy (non-hydrogen) atoms. The average molecular weight is 287 g/mol. The third kappa shape index (κ3) is 3.08. The number of rotatable bonds is 4. The van der Waals surface area contributed by atoms with Gasteiger partial charge in [0.2, 0.25) is 5.88 Å². The lowest BCUT2D eigenvalue weighted by atomic mass is 10.1. The third-order valence-electron chi connectivity index (χ3n) is 2.76. The SMILES string of the molecule is COc1ncccc1C(=O)Nc1ccc(C(=O)O)cc1N. The largest absolute Gasteiger partial charge is 0.480 e. The zero-order valence-corrected chi connectivity index (χ0v) is 11.2. The van der Waals surface area contributed by atoms with Gasteiger partial charge in [-0.15, -0.1) is 0 Å². The van der Waals surface area contributed by atoms with Crippen LogP contribution in [0.1, 0.15) is 20.7 Å². The Balaban J connectivity index is 2.26. The number of pyridine rings is 1. The van der Waals surface area contributed by atoms with E-state index in [9.17, 15) is 9.59 Å². The van der Waals surface area contributed by atoms with Gasteiger partial charge in [-0.1, -0.05) is 0 Å². The van der Waals surface area contributed by atoms with Crippen LogP contribution in [0, 0.1) is 0 Å². The summed E-state index contributed by atoms with van der Waals surface area (Å²) in [7, 11) is 1.41. The number of methoxy groups -OCH3 is 1. The number of carbonyl (C=O) groups excluding carboxylic acids is 1. The van der Waals surface area contributed by atoms with E-state index in [4.69, 9.17) is 15.6 Å². The van der Waals surface area contributed by atoms with Crippen LogP contribution in [0.25, 0.3) is 0 Å². The van der Waals surface area contributed by atoms with Crippen molar-refractivity contribution < 1.29 is 19.4 Å². The minimum Gasteiger partial charge on any atom is -0.480 e. The smallest absolute Gasteiger partial charge is 0.335 e. The maximum atomic E-state index is 12.2. The molecule has 0 fully saturated rings. The fraction of sp³-hybridized carbons (Fsp3) is 0.0714. The van der Waals surface area contributed by atoms with Crippen molar-refractivity contribution in [2.75, 3.05) is 18.2 Å². The van der Waals surface area contributed by atoms with E-state index in [1.54, 1.807) is 12.1 Å². The van der Waals surface area contributed by atoms with Crippen LogP contribution in [0.15, 0.2) is 36.5 Å². The summed E-state index contributed by atoms with van der Waals surface area (Å²) in [6.45, 7) is 0. The van der Waals surface area contributed by atoms with Gasteiger partial charge in [-0.25, -0.2) is 9.78 Å². The van der Waals surface area contributed by atoms with Crippen molar-refractivity contribution >= 4 is 23.3 Å². The number of benzene rings is 1. The van der Waals surface area contributed by atoms with Gasteiger partial charge in [0.15, 0.2) is 0 Å². The van der Waals surface area contributed by atoms with E-state index in [2.05, 4.69) is 10.3 Å². The topological polar surface area (TPSA) is 115 Å². The number of hydrogen-bond donors (Lipinski definition) is 3. The molecule has 4 N–H and O–H groups in total. The van der Waals surface area contributed by atoms with Crippen LogP contribution in [0.3, 0.4) is 0 Å². The quantitative estimate of drug-likeness (QED) is 0.736. The maximum absolute atomic E-state index is 12.2. The summed E-state index contributed by atoms with van der Waals surface area (Å²) < 4.78 is 5.00.